The van der Waals surface area contributed by atoms with Crippen LogP contribution in [0.4, 0.5) is 10.9 Å². The molecular weight excluding hydrogens is 310 g/mol. The van der Waals surface area contributed by atoms with E-state index in [1.165, 1.54) is 0 Å². The van der Waals surface area contributed by atoms with E-state index >= 15 is 0 Å². The number of carbonyl (C=O) groups excluding carboxylic acids is 1. The number of rotatable bonds is 4. The second kappa shape index (κ2) is 7.06. The number of likely N-dealkylation sites (tertiary alicyclic amines) is 1. The number of hydrogen-bond acceptors (Lipinski definition) is 6. The number of piperidine rings is 1. The summed E-state index contributed by atoms with van der Waals surface area (Å²) in [6.45, 7) is 3.58. The second-order valence-corrected chi connectivity index (χ2v) is 6.58. The van der Waals surface area contributed by atoms with Crippen molar-refractivity contribution in [1.82, 2.24) is 14.9 Å². The number of hydrogen-bond donors (Lipinski definition) is 2. The van der Waals surface area contributed by atoms with Crippen molar-refractivity contribution in [3.8, 4) is 0 Å². The maximum absolute atomic E-state index is 11.6. The average molecular weight is 331 g/mol. The van der Waals surface area contributed by atoms with Gasteiger partial charge in [0.05, 0.1) is 12.2 Å². The lowest BCUT2D eigenvalue weighted by atomic mass is 9.93. The number of aryl methyl sites for hydroxylation is 1. The Morgan fingerprint density at radius 2 is 2.17 bits per heavy atom. The Hall–Kier alpha value is -1.99. The van der Waals surface area contributed by atoms with E-state index in [-0.39, 0.29) is 12.5 Å². The molecule has 0 radical (unpaired) electrons. The topological polar surface area (TPSA) is 84.1 Å². The molecule has 1 aliphatic rings. The van der Waals surface area contributed by atoms with Crippen molar-refractivity contribution < 1.29 is 4.79 Å². The van der Waals surface area contributed by atoms with Crippen molar-refractivity contribution in [3.63, 3.8) is 0 Å². The summed E-state index contributed by atoms with van der Waals surface area (Å²) in [4.78, 5) is 22.6. The highest BCUT2D eigenvalue weighted by Crippen LogP contribution is 2.28. The number of carbonyl (C=O) groups is 1. The molecule has 23 heavy (non-hydrogen) atoms. The molecule has 3 N–H and O–H groups in total. The maximum atomic E-state index is 11.6. The van der Waals surface area contributed by atoms with Crippen molar-refractivity contribution in [1.29, 1.82) is 0 Å². The standard InChI is InChI=1S/C16H21N5OS/c1-11-10-23-16(18-11)20-14-4-2-3-13(19-14)12-5-7-21(8-6-12)15(22)9-17/h2-4,10,12H,5-9,17H2,1H3,(H,18,19,20). The highest BCUT2D eigenvalue weighted by Gasteiger charge is 2.24. The van der Waals surface area contributed by atoms with E-state index in [9.17, 15) is 4.79 Å². The minimum atomic E-state index is 0.0333. The lowest BCUT2D eigenvalue weighted by molar-refractivity contribution is -0.130. The molecule has 6 nitrogen and oxygen atoms in total. The van der Waals surface area contributed by atoms with Crippen molar-refractivity contribution in [2.24, 2.45) is 5.73 Å². The molecule has 3 heterocycles. The first kappa shape index (κ1) is 15.9. The largest absolute Gasteiger partial charge is 0.342 e. The summed E-state index contributed by atoms with van der Waals surface area (Å²) in [5, 5.41) is 6.12. The summed E-state index contributed by atoms with van der Waals surface area (Å²) in [7, 11) is 0. The zero-order valence-electron chi connectivity index (χ0n) is 13.2. The van der Waals surface area contributed by atoms with Crippen LogP contribution in [0.3, 0.4) is 0 Å². The number of pyridine rings is 1. The molecule has 1 saturated heterocycles. The van der Waals surface area contributed by atoms with Crippen molar-refractivity contribution in [2.75, 3.05) is 25.0 Å². The van der Waals surface area contributed by atoms with Gasteiger partial charge in [0.1, 0.15) is 5.82 Å². The number of nitrogens with zero attached hydrogens (tertiary/aromatic N) is 3. The van der Waals surface area contributed by atoms with Crippen LogP contribution in [0.2, 0.25) is 0 Å². The van der Waals surface area contributed by atoms with Gasteiger partial charge in [-0.25, -0.2) is 9.97 Å². The minimum absolute atomic E-state index is 0.0333. The molecule has 3 rings (SSSR count). The van der Waals surface area contributed by atoms with Crippen LogP contribution in [-0.2, 0) is 4.79 Å². The van der Waals surface area contributed by atoms with Gasteiger partial charge in [-0.2, -0.15) is 0 Å². The predicted octanol–water partition coefficient (Wildman–Crippen LogP) is 2.25. The fourth-order valence-electron chi connectivity index (χ4n) is 2.82. The number of nitrogens with one attached hydrogen (secondary N) is 1. The zero-order valence-corrected chi connectivity index (χ0v) is 14.0. The summed E-state index contributed by atoms with van der Waals surface area (Å²) in [5.41, 5.74) is 7.50. The first-order chi connectivity index (χ1) is 11.2. The Morgan fingerprint density at radius 1 is 1.39 bits per heavy atom. The van der Waals surface area contributed by atoms with Crippen molar-refractivity contribution >= 4 is 28.2 Å². The van der Waals surface area contributed by atoms with E-state index < -0.39 is 0 Å². The fourth-order valence-corrected chi connectivity index (χ4v) is 3.52. The van der Waals surface area contributed by atoms with Gasteiger partial charge in [0.25, 0.3) is 0 Å². The van der Waals surface area contributed by atoms with Crippen LogP contribution < -0.4 is 11.1 Å². The number of anilines is 2. The summed E-state index contributed by atoms with van der Waals surface area (Å²) < 4.78 is 0. The molecule has 2 aromatic heterocycles. The maximum Gasteiger partial charge on any atom is 0.236 e. The molecule has 1 fully saturated rings. The zero-order chi connectivity index (χ0) is 16.2. The van der Waals surface area contributed by atoms with Gasteiger partial charge in [0.2, 0.25) is 5.91 Å². The predicted molar refractivity (Wildman–Crippen MR) is 92.0 cm³/mol. The van der Waals surface area contributed by atoms with E-state index in [4.69, 9.17) is 10.7 Å². The molecule has 0 saturated carbocycles. The normalized spacial score (nSPS) is 15.7. The third kappa shape index (κ3) is 3.86. The lowest BCUT2D eigenvalue weighted by Crippen LogP contribution is -2.41. The van der Waals surface area contributed by atoms with Gasteiger partial charge in [-0.05, 0) is 31.9 Å². The number of nitrogens with two attached hydrogens (primary N) is 1. The molecule has 0 spiro atoms. The molecule has 2 aromatic rings. The Balaban J connectivity index is 1.65. The van der Waals surface area contributed by atoms with Crippen molar-refractivity contribution in [2.45, 2.75) is 25.7 Å². The summed E-state index contributed by atoms with van der Waals surface area (Å²) in [6.07, 6.45) is 1.86. The lowest BCUT2D eigenvalue weighted by Gasteiger charge is -2.31. The van der Waals surface area contributed by atoms with Crippen LogP contribution in [0, 0.1) is 6.92 Å². The van der Waals surface area contributed by atoms with Gasteiger partial charge in [0.15, 0.2) is 5.13 Å². The van der Waals surface area contributed by atoms with Gasteiger partial charge >= 0.3 is 0 Å². The molecule has 7 heteroatoms. The number of aromatic nitrogens is 2. The van der Waals surface area contributed by atoms with Crippen LogP contribution >= 0.6 is 11.3 Å². The molecule has 1 aliphatic heterocycles. The van der Waals surface area contributed by atoms with Crippen LogP contribution in [0.5, 0.6) is 0 Å². The third-order valence-corrected chi connectivity index (χ3v) is 4.94. The molecule has 122 valence electrons. The van der Waals surface area contributed by atoms with E-state index in [1.54, 1.807) is 11.3 Å². The molecule has 1 amide bonds. The Labute approximate surface area is 139 Å². The smallest absolute Gasteiger partial charge is 0.236 e. The summed E-state index contributed by atoms with van der Waals surface area (Å²) in [5.74, 6) is 1.24. The molecule has 0 aliphatic carbocycles. The average Bonchev–Trinajstić information content (AvgIpc) is 2.99. The SMILES string of the molecule is Cc1csc(Nc2cccc(C3CCN(C(=O)CN)CC3)n2)n1. The van der Waals surface area contributed by atoms with E-state index in [0.29, 0.717) is 5.92 Å². The second-order valence-electron chi connectivity index (χ2n) is 5.73. The fraction of sp³-hybridized carbons (Fsp3) is 0.438. The quantitative estimate of drug-likeness (QED) is 0.898. The summed E-state index contributed by atoms with van der Waals surface area (Å²) >= 11 is 1.57. The molecule has 0 bridgehead atoms. The van der Waals surface area contributed by atoms with Crippen LogP contribution in [0.25, 0.3) is 0 Å². The van der Waals surface area contributed by atoms with Gasteiger partial charge in [-0.3, -0.25) is 4.79 Å². The third-order valence-electron chi connectivity index (χ3n) is 4.07. The van der Waals surface area contributed by atoms with E-state index in [0.717, 1.165) is 48.3 Å². The highest BCUT2D eigenvalue weighted by molar-refractivity contribution is 7.13. The minimum Gasteiger partial charge on any atom is -0.342 e. The molecule has 0 aromatic carbocycles. The first-order valence-corrected chi connectivity index (χ1v) is 8.67. The van der Waals surface area contributed by atoms with E-state index in [1.807, 2.05) is 29.3 Å². The Kier molecular flexibility index (Phi) is 4.88. The van der Waals surface area contributed by atoms with Crippen LogP contribution in [-0.4, -0.2) is 40.4 Å². The first-order valence-electron chi connectivity index (χ1n) is 7.79. The van der Waals surface area contributed by atoms with Gasteiger partial charge in [-0.1, -0.05) is 6.07 Å². The van der Waals surface area contributed by atoms with Gasteiger partial charge < -0.3 is 16.0 Å². The van der Waals surface area contributed by atoms with Gasteiger partial charge in [0, 0.05) is 30.1 Å². The Bertz CT molecular complexity index is 679. The van der Waals surface area contributed by atoms with Gasteiger partial charge in [-0.15, -0.1) is 11.3 Å². The van der Waals surface area contributed by atoms with E-state index in [2.05, 4.69) is 16.4 Å². The van der Waals surface area contributed by atoms with Crippen LogP contribution in [0.15, 0.2) is 23.6 Å². The molecule has 0 atom stereocenters. The molecule has 0 unspecified atom stereocenters. The van der Waals surface area contributed by atoms with Crippen molar-refractivity contribution in [3.05, 3.63) is 35.0 Å². The van der Waals surface area contributed by atoms with Crippen LogP contribution in [0.1, 0.15) is 30.1 Å². The number of thiazole rings is 1. The Morgan fingerprint density at radius 3 is 2.83 bits per heavy atom. The molecular formula is C16H21N5OS. The summed E-state index contributed by atoms with van der Waals surface area (Å²) in [6, 6.07) is 6.03. The monoisotopic (exact) mass is 331 g/mol. The number of amides is 1. The highest BCUT2D eigenvalue weighted by atomic mass is 32.1.